The molecule has 0 bridgehead atoms. The fourth-order valence-electron chi connectivity index (χ4n) is 2.44. The number of carbonyl (C=O) groups excluding carboxylic acids is 1. The molecule has 0 saturated heterocycles. The van der Waals surface area contributed by atoms with E-state index in [9.17, 15) is 9.90 Å². The zero-order valence-corrected chi connectivity index (χ0v) is 20.1. The summed E-state index contributed by atoms with van der Waals surface area (Å²) in [5, 5.41) is 9.86. The van der Waals surface area contributed by atoms with Crippen LogP contribution in [-0.2, 0) is 9.53 Å². The Morgan fingerprint density at radius 2 is 1.28 bits per heavy atom. The topological polar surface area (TPSA) is 49.4 Å². The molecule has 0 aromatic rings. The van der Waals surface area contributed by atoms with E-state index >= 15 is 0 Å². The van der Waals surface area contributed by atoms with Gasteiger partial charge in [-0.1, -0.05) is 26.2 Å². The summed E-state index contributed by atoms with van der Waals surface area (Å²) in [6, 6.07) is 0. The third-order valence-corrected chi connectivity index (χ3v) is 13.1. The maximum atomic E-state index is 9.86. The number of hydrogen-bond acceptors (Lipinski definition) is 3. The molecule has 0 spiro atoms. The molecule has 0 fully saturated rings. The van der Waals surface area contributed by atoms with Gasteiger partial charge >= 0.3 is 92.4 Å². The Bertz CT molecular complexity index is 274. The van der Waals surface area contributed by atoms with E-state index in [1.807, 2.05) is 0 Å². The van der Waals surface area contributed by atoms with Gasteiger partial charge in [-0.25, -0.2) is 0 Å². The van der Waals surface area contributed by atoms with Crippen molar-refractivity contribution < 1.29 is 14.6 Å². The van der Waals surface area contributed by atoms with E-state index in [0.717, 1.165) is 18.9 Å². The molecule has 0 rings (SSSR count). The first-order valence-electron chi connectivity index (χ1n) is 10.4. The monoisotopic (exact) mass is 462 g/mol. The Morgan fingerprint density at radius 3 is 1.68 bits per heavy atom. The molecule has 25 heavy (non-hydrogen) atoms. The van der Waals surface area contributed by atoms with E-state index in [4.69, 9.17) is 4.74 Å². The molecule has 0 aromatic heterocycles. The third kappa shape index (κ3) is 26.2. The molecule has 0 unspecified atom stereocenters. The van der Waals surface area contributed by atoms with E-state index in [1.54, 1.807) is 13.3 Å². The quantitative estimate of drug-likeness (QED) is 0.128. The Balaban J connectivity index is 0. The van der Waals surface area contributed by atoms with E-state index < -0.39 is 25.7 Å². The van der Waals surface area contributed by atoms with Gasteiger partial charge in [-0.3, -0.25) is 0 Å². The van der Waals surface area contributed by atoms with Gasteiger partial charge in [0, 0.05) is 0 Å². The van der Waals surface area contributed by atoms with Crippen LogP contribution in [0.2, 0.25) is 13.3 Å². The van der Waals surface area contributed by atoms with Gasteiger partial charge < -0.3 is 14.6 Å². The number of ether oxygens (including phenoxy) is 1. The average molecular weight is 461 g/mol. The molecular weight excluding hydrogens is 419 g/mol. The molecule has 0 aliphatic carbocycles. The third-order valence-electron chi connectivity index (χ3n) is 4.07. The van der Waals surface area contributed by atoms with Crippen LogP contribution < -0.4 is 5.11 Å². The van der Waals surface area contributed by atoms with Gasteiger partial charge in [0.15, 0.2) is 0 Å². The van der Waals surface area contributed by atoms with Crippen molar-refractivity contribution in [3.63, 3.8) is 0 Å². The van der Waals surface area contributed by atoms with Gasteiger partial charge in [-0.05, 0) is 12.5 Å². The van der Waals surface area contributed by atoms with Crippen LogP contribution in [-0.4, -0.2) is 32.3 Å². The zero-order chi connectivity index (χ0) is 19.2. The van der Waals surface area contributed by atoms with Crippen LogP contribution >= 0.6 is 0 Å². The van der Waals surface area contributed by atoms with Gasteiger partial charge in [-0.15, -0.1) is 0 Å². The van der Waals surface area contributed by atoms with Crippen molar-refractivity contribution in [2.45, 2.75) is 105 Å². The Morgan fingerprint density at radius 1 is 0.800 bits per heavy atom. The zero-order valence-electron chi connectivity index (χ0n) is 17.3. The van der Waals surface area contributed by atoms with Crippen molar-refractivity contribution in [3.8, 4) is 0 Å². The summed E-state index contributed by atoms with van der Waals surface area (Å²) in [6.45, 7) is 9.72. The normalized spacial score (nSPS) is 10.4. The second kappa shape index (κ2) is 23.8. The molecule has 148 valence electrons. The van der Waals surface area contributed by atoms with Crippen LogP contribution in [0.5, 0.6) is 0 Å². The molecule has 0 heterocycles. The number of carboxylic acid groups (broad SMARTS) is 1. The molecule has 0 amide bonds. The Labute approximate surface area is 164 Å². The fourth-order valence-corrected chi connectivity index (χ4v) is 11.9. The number of aliphatic carboxylic acids is 1. The molecule has 0 atom stereocenters. The average Bonchev–Trinajstić information content (AvgIpc) is 2.60. The van der Waals surface area contributed by atoms with Gasteiger partial charge in [-0.2, -0.15) is 0 Å². The summed E-state index contributed by atoms with van der Waals surface area (Å²) >= 11 is -0.839. The fraction of sp³-hybridized carbons (Fsp3) is 0.857. The van der Waals surface area contributed by atoms with Crippen molar-refractivity contribution in [1.29, 1.82) is 0 Å². The molecular formula is C21H42O3Sn. The minimum absolute atomic E-state index is 0.587. The predicted octanol–water partition coefficient (Wildman–Crippen LogP) is 5.73. The summed E-state index contributed by atoms with van der Waals surface area (Å²) < 4.78 is 9.93. The Hall–Kier alpha value is -0.191. The van der Waals surface area contributed by atoms with Gasteiger partial charge in [0.25, 0.3) is 0 Å². The van der Waals surface area contributed by atoms with Crippen LogP contribution in [0.25, 0.3) is 0 Å². The first-order valence-corrected chi connectivity index (χ1v) is 16.5. The number of carbonyl (C=O) groups is 1. The second-order valence-corrected chi connectivity index (χ2v) is 15.2. The first-order chi connectivity index (χ1) is 12.1. The standard InChI is InChI=1S/C9H16O3.3C4H9.Sn/c1-2-3-4-5-7-12-8-6-9(10)11;3*1-3-4-2;/h6,8H,2-5,7H2,1H3,(H,10,11);3*1,3-4H2,2H3;/q;;;;+1/p-1. The van der Waals surface area contributed by atoms with Crippen LogP contribution in [0.1, 0.15) is 91.9 Å². The van der Waals surface area contributed by atoms with Crippen LogP contribution in [0.4, 0.5) is 0 Å². The molecule has 4 heteroatoms. The molecule has 0 aromatic carbocycles. The number of rotatable bonds is 16. The van der Waals surface area contributed by atoms with Crippen LogP contribution in [0, 0.1) is 0 Å². The number of hydrogen-bond donors (Lipinski definition) is 0. The number of carboxylic acids is 1. The predicted molar refractivity (Wildman–Crippen MR) is 109 cm³/mol. The molecule has 0 N–H and O–H groups in total. The van der Waals surface area contributed by atoms with Gasteiger partial charge in [0.05, 0.1) is 18.8 Å². The van der Waals surface area contributed by atoms with Crippen molar-refractivity contribution in [1.82, 2.24) is 0 Å². The van der Waals surface area contributed by atoms with Crippen molar-refractivity contribution in [3.05, 3.63) is 12.3 Å². The first kappa shape index (κ1) is 27.0. The van der Waals surface area contributed by atoms with Crippen molar-refractivity contribution in [2.24, 2.45) is 0 Å². The summed E-state index contributed by atoms with van der Waals surface area (Å²) in [4.78, 5) is 9.86. The second-order valence-electron chi connectivity index (χ2n) is 6.61. The SMILES string of the molecule is CCCCCCOC=CC(=O)[O-].CCC[CH2][Sn+]([CH2]CCC)[CH2]CCC. The molecule has 0 aliphatic heterocycles. The summed E-state index contributed by atoms with van der Waals surface area (Å²) in [5.74, 6) is -1.22. The van der Waals surface area contributed by atoms with E-state index in [2.05, 4.69) is 27.7 Å². The van der Waals surface area contributed by atoms with Crippen molar-refractivity contribution in [2.75, 3.05) is 6.61 Å². The van der Waals surface area contributed by atoms with E-state index in [0.29, 0.717) is 6.61 Å². The Kier molecular flexibility index (Phi) is 25.7. The summed E-state index contributed by atoms with van der Waals surface area (Å²) in [6.07, 6.45) is 15.4. The maximum absolute atomic E-state index is 9.86. The summed E-state index contributed by atoms with van der Waals surface area (Å²) in [7, 11) is 0. The van der Waals surface area contributed by atoms with Crippen LogP contribution in [0.15, 0.2) is 12.3 Å². The van der Waals surface area contributed by atoms with Crippen molar-refractivity contribution >= 4 is 25.7 Å². The molecule has 0 radical (unpaired) electrons. The summed E-state index contributed by atoms with van der Waals surface area (Å²) in [5.41, 5.74) is 0. The molecule has 3 nitrogen and oxygen atoms in total. The van der Waals surface area contributed by atoms with E-state index in [-0.39, 0.29) is 0 Å². The molecule has 0 aliphatic rings. The van der Waals surface area contributed by atoms with Crippen LogP contribution in [0.3, 0.4) is 0 Å². The van der Waals surface area contributed by atoms with Gasteiger partial charge in [0.1, 0.15) is 0 Å². The minimum atomic E-state index is -1.22. The van der Waals surface area contributed by atoms with E-state index in [1.165, 1.54) is 57.6 Å². The van der Waals surface area contributed by atoms with Gasteiger partial charge in [0.2, 0.25) is 0 Å². The molecule has 0 saturated carbocycles. The number of unbranched alkanes of at least 4 members (excludes halogenated alkanes) is 6.